The Bertz CT molecular complexity index is 852. The zero-order valence-electron chi connectivity index (χ0n) is 15.7. The minimum atomic E-state index is -0.0907. The molecule has 3 aromatic rings. The molecule has 1 N–H and O–H groups in total. The van der Waals surface area contributed by atoms with Gasteiger partial charge in [-0.3, -0.25) is 4.79 Å². The van der Waals surface area contributed by atoms with E-state index < -0.39 is 0 Å². The molecule has 1 heterocycles. The second kappa shape index (κ2) is 7.56. The van der Waals surface area contributed by atoms with Crippen molar-refractivity contribution >= 4 is 11.6 Å². The fourth-order valence-corrected chi connectivity index (χ4v) is 3.07. The molecule has 0 fully saturated rings. The highest BCUT2D eigenvalue weighted by Gasteiger charge is 2.16. The van der Waals surface area contributed by atoms with Crippen molar-refractivity contribution in [3.05, 3.63) is 77.6 Å². The molecule has 134 valence electrons. The number of rotatable bonds is 5. The largest absolute Gasteiger partial charge is 0.321 e. The summed E-state index contributed by atoms with van der Waals surface area (Å²) in [6.07, 6.45) is 3.61. The number of para-hydroxylation sites is 1. The number of nitrogens with one attached hydrogen (secondary N) is 1. The van der Waals surface area contributed by atoms with E-state index in [0.29, 0.717) is 17.4 Å². The fourth-order valence-electron chi connectivity index (χ4n) is 3.07. The van der Waals surface area contributed by atoms with Crippen molar-refractivity contribution in [1.29, 1.82) is 0 Å². The Balaban J connectivity index is 1.88. The summed E-state index contributed by atoms with van der Waals surface area (Å²) in [5.41, 5.74) is 4.83. The summed E-state index contributed by atoms with van der Waals surface area (Å²) in [7, 11) is 0. The molecule has 0 atom stereocenters. The molecule has 4 nitrogen and oxygen atoms in total. The molecule has 2 aromatic carbocycles. The van der Waals surface area contributed by atoms with Crippen LogP contribution in [0.2, 0.25) is 0 Å². The van der Waals surface area contributed by atoms with Gasteiger partial charge in [-0.25, -0.2) is 4.68 Å². The normalized spacial score (nSPS) is 11.2. The number of anilines is 1. The maximum Gasteiger partial charge on any atom is 0.255 e. The summed E-state index contributed by atoms with van der Waals surface area (Å²) in [5.74, 6) is 0.587. The van der Waals surface area contributed by atoms with Crippen molar-refractivity contribution in [2.75, 3.05) is 5.32 Å². The molecule has 1 amide bonds. The summed E-state index contributed by atoms with van der Waals surface area (Å²) in [6.45, 7) is 8.59. The van der Waals surface area contributed by atoms with Gasteiger partial charge in [0.05, 0.1) is 5.69 Å². The van der Waals surface area contributed by atoms with Gasteiger partial charge in [0.15, 0.2) is 0 Å². The van der Waals surface area contributed by atoms with E-state index in [1.165, 1.54) is 0 Å². The van der Waals surface area contributed by atoms with Crippen LogP contribution in [-0.4, -0.2) is 15.7 Å². The standard InChI is InChI=1S/C22H25N3O/c1-15(2)19-7-5-8-20(16(3)4)21(19)24-22(26)17-9-11-18(12-10-17)25-14-6-13-23-25/h5-16H,1-4H3,(H,24,26). The third-order valence-electron chi connectivity index (χ3n) is 4.51. The van der Waals surface area contributed by atoms with Gasteiger partial charge in [-0.1, -0.05) is 45.9 Å². The lowest BCUT2D eigenvalue weighted by Crippen LogP contribution is -2.16. The number of carbonyl (C=O) groups is 1. The number of hydrogen-bond donors (Lipinski definition) is 1. The Hall–Kier alpha value is -2.88. The van der Waals surface area contributed by atoms with Crippen LogP contribution in [0.25, 0.3) is 5.69 Å². The zero-order chi connectivity index (χ0) is 18.7. The first-order chi connectivity index (χ1) is 12.5. The van der Waals surface area contributed by atoms with E-state index in [2.05, 4.69) is 56.3 Å². The van der Waals surface area contributed by atoms with E-state index in [1.54, 1.807) is 10.9 Å². The molecule has 0 radical (unpaired) electrons. The van der Waals surface area contributed by atoms with E-state index in [1.807, 2.05) is 36.5 Å². The number of amides is 1. The predicted octanol–water partition coefficient (Wildman–Crippen LogP) is 5.37. The van der Waals surface area contributed by atoms with Crippen LogP contribution in [0.1, 0.15) is 61.0 Å². The van der Waals surface area contributed by atoms with E-state index in [0.717, 1.165) is 22.5 Å². The van der Waals surface area contributed by atoms with Gasteiger partial charge in [-0.05, 0) is 53.3 Å². The number of benzene rings is 2. The minimum Gasteiger partial charge on any atom is -0.321 e. The fraction of sp³-hybridized carbons (Fsp3) is 0.273. The Morgan fingerprint density at radius 3 is 2.04 bits per heavy atom. The third-order valence-corrected chi connectivity index (χ3v) is 4.51. The van der Waals surface area contributed by atoms with Crippen LogP contribution in [0.4, 0.5) is 5.69 Å². The topological polar surface area (TPSA) is 46.9 Å². The highest BCUT2D eigenvalue weighted by atomic mass is 16.1. The lowest BCUT2D eigenvalue weighted by Gasteiger charge is -2.20. The average molecular weight is 347 g/mol. The molecule has 1 aromatic heterocycles. The monoisotopic (exact) mass is 347 g/mol. The van der Waals surface area contributed by atoms with Crippen LogP contribution < -0.4 is 5.32 Å². The summed E-state index contributed by atoms with van der Waals surface area (Å²) in [5, 5.41) is 7.36. The van der Waals surface area contributed by atoms with Gasteiger partial charge < -0.3 is 5.32 Å². The van der Waals surface area contributed by atoms with E-state index in [9.17, 15) is 4.79 Å². The van der Waals surface area contributed by atoms with E-state index >= 15 is 0 Å². The highest BCUT2D eigenvalue weighted by Crippen LogP contribution is 2.32. The number of carbonyl (C=O) groups excluding carboxylic acids is 1. The molecule has 0 aliphatic rings. The molecule has 0 saturated heterocycles. The van der Waals surface area contributed by atoms with E-state index in [-0.39, 0.29) is 5.91 Å². The maximum absolute atomic E-state index is 12.8. The number of hydrogen-bond acceptors (Lipinski definition) is 2. The molecule has 0 bridgehead atoms. The Kier molecular flexibility index (Phi) is 5.21. The first-order valence-corrected chi connectivity index (χ1v) is 9.01. The molecule has 0 spiro atoms. The highest BCUT2D eigenvalue weighted by molar-refractivity contribution is 6.05. The summed E-state index contributed by atoms with van der Waals surface area (Å²) >= 11 is 0. The Morgan fingerprint density at radius 1 is 0.923 bits per heavy atom. The molecular weight excluding hydrogens is 322 g/mol. The number of aromatic nitrogens is 2. The second-order valence-electron chi connectivity index (χ2n) is 7.07. The summed E-state index contributed by atoms with van der Waals surface area (Å²) in [6, 6.07) is 15.6. The predicted molar refractivity (Wildman–Crippen MR) is 106 cm³/mol. The lowest BCUT2D eigenvalue weighted by atomic mass is 9.92. The van der Waals surface area contributed by atoms with Crippen molar-refractivity contribution in [2.24, 2.45) is 0 Å². The van der Waals surface area contributed by atoms with Crippen LogP contribution in [0, 0.1) is 0 Å². The van der Waals surface area contributed by atoms with Gasteiger partial charge in [-0.2, -0.15) is 5.10 Å². The van der Waals surface area contributed by atoms with Gasteiger partial charge in [0, 0.05) is 23.6 Å². The van der Waals surface area contributed by atoms with E-state index in [4.69, 9.17) is 0 Å². The SMILES string of the molecule is CC(C)c1cccc(C(C)C)c1NC(=O)c1ccc(-n2cccn2)cc1. The first-order valence-electron chi connectivity index (χ1n) is 9.01. The van der Waals surface area contributed by atoms with Crippen LogP contribution in [0.3, 0.4) is 0 Å². The third kappa shape index (κ3) is 3.69. The van der Waals surface area contributed by atoms with Crippen LogP contribution >= 0.6 is 0 Å². The van der Waals surface area contributed by atoms with Crippen LogP contribution in [0.15, 0.2) is 60.9 Å². The van der Waals surface area contributed by atoms with Gasteiger partial charge in [0.2, 0.25) is 0 Å². The molecule has 4 heteroatoms. The molecule has 0 saturated carbocycles. The average Bonchev–Trinajstić information content (AvgIpc) is 3.16. The molecule has 3 rings (SSSR count). The Labute approximate surface area is 154 Å². The lowest BCUT2D eigenvalue weighted by molar-refractivity contribution is 0.102. The van der Waals surface area contributed by atoms with Crippen molar-refractivity contribution < 1.29 is 4.79 Å². The van der Waals surface area contributed by atoms with Gasteiger partial charge in [-0.15, -0.1) is 0 Å². The second-order valence-corrected chi connectivity index (χ2v) is 7.07. The van der Waals surface area contributed by atoms with Crippen LogP contribution in [-0.2, 0) is 0 Å². The molecule has 0 aliphatic carbocycles. The van der Waals surface area contributed by atoms with Gasteiger partial charge >= 0.3 is 0 Å². The molecule has 0 aliphatic heterocycles. The summed E-state index contributed by atoms with van der Waals surface area (Å²) in [4.78, 5) is 12.8. The van der Waals surface area contributed by atoms with Gasteiger partial charge in [0.25, 0.3) is 5.91 Å². The minimum absolute atomic E-state index is 0.0907. The van der Waals surface area contributed by atoms with Crippen molar-refractivity contribution in [3.8, 4) is 5.69 Å². The van der Waals surface area contributed by atoms with Crippen molar-refractivity contribution in [2.45, 2.75) is 39.5 Å². The smallest absolute Gasteiger partial charge is 0.255 e. The summed E-state index contributed by atoms with van der Waals surface area (Å²) < 4.78 is 1.77. The first kappa shape index (κ1) is 17.9. The maximum atomic E-state index is 12.8. The molecule has 26 heavy (non-hydrogen) atoms. The number of nitrogens with zero attached hydrogens (tertiary/aromatic N) is 2. The van der Waals surface area contributed by atoms with Gasteiger partial charge in [0.1, 0.15) is 0 Å². The van der Waals surface area contributed by atoms with Crippen molar-refractivity contribution in [3.63, 3.8) is 0 Å². The zero-order valence-corrected chi connectivity index (χ0v) is 15.7. The van der Waals surface area contributed by atoms with Crippen molar-refractivity contribution in [1.82, 2.24) is 9.78 Å². The quantitative estimate of drug-likeness (QED) is 0.674. The molecular formula is C22H25N3O. The van der Waals surface area contributed by atoms with Crippen LogP contribution in [0.5, 0.6) is 0 Å². The Morgan fingerprint density at radius 2 is 1.54 bits per heavy atom. The molecule has 0 unspecified atom stereocenters.